The maximum Gasteiger partial charge on any atom is 0.354 e. The van der Waals surface area contributed by atoms with Gasteiger partial charge in [-0.3, -0.25) is 19.0 Å². The first kappa shape index (κ1) is 20.5. The molecule has 0 spiro atoms. The lowest BCUT2D eigenvalue weighted by atomic mass is 10.2. The van der Waals surface area contributed by atoms with Gasteiger partial charge in [0.05, 0.1) is 18.3 Å². The molecule has 0 saturated carbocycles. The summed E-state index contributed by atoms with van der Waals surface area (Å²) in [6.07, 6.45) is 4.84. The van der Waals surface area contributed by atoms with E-state index in [-0.39, 0.29) is 42.3 Å². The van der Waals surface area contributed by atoms with E-state index in [9.17, 15) is 14.4 Å². The molecule has 11 heteroatoms. The van der Waals surface area contributed by atoms with Crippen molar-refractivity contribution in [2.75, 3.05) is 18.5 Å². The van der Waals surface area contributed by atoms with Crippen molar-refractivity contribution in [2.45, 2.75) is 45.4 Å². The molecule has 1 aliphatic heterocycles. The quantitative estimate of drug-likeness (QED) is 0.560. The molecular weight excluding hydrogens is 380 g/mol. The van der Waals surface area contributed by atoms with E-state index in [1.807, 2.05) is 6.92 Å². The number of hydrogen-bond acceptors (Lipinski definition) is 6. The molecule has 1 unspecified atom stereocenters. The largest absolute Gasteiger partial charge is 0.477 e. The van der Waals surface area contributed by atoms with Crippen molar-refractivity contribution in [1.29, 1.82) is 0 Å². The average Bonchev–Trinajstić information content (AvgIpc) is 3.44. The van der Waals surface area contributed by atoms with Crippen molar-refractivity contribution < 1.29 is 24.2 Å². The molecule has 3 N–H and O–H groups in total. The van der Waals surface area contributed by atoms with E-state index in [4.69, 9.17) is 9.84 Å². The molecule has 3 rings (SSSR count). The normalized spacial score (nSPS) is 16.0. The zero-order chi connectivity index (χ0) is 20.8. The maximum atomic E-state index is 12.5. The van der Waals surface area contributed by atoms with Gasteiger partial charge in [0.15, 0.2) is 5.69 Å². The Bertz CT molecular complexity index is 883. The van der Waals surface area contributed by atoms with Crippen molar-refractivity contribution >= 4 is 23.5 Å². The second kappa shape index (κ2) is 9.32. The second-order valence-corrected chi connectivity index (χ2v) is 6.64. The maximum absolute atomic E-state index is 12.5. The minimum Gasteiger partial charge on any atom is -0.477 e. The van der Waals surface area contributed by atoms with Crippen LogP contribution >= 0.6 is 0 Å². The number of aromatic carboxylic acids is 1. The van der Waals surface area contributed by atoms with Gasteiger partial charge in [0, 0.05) is 38.5 Å². The Labute approximate surface area is 167 Å². The number of carbonyl (C=O) groups excluding carboxylic acids is 2. The van der Waals surface area contributed by atoms with Crippen LogP contribution in [0.4, 0.5) is 5.69 Å². The van der Waals surface area contributed by atoms with Gasteiger partial charge in [0.2, 0.25) is 5.91 Å². The fourth-order valence-electron chi connectivity index (χ4n) is 3.05. The standard InChI is InChI=1S/C18H24N6O5/c1-2-23-11-13(16(22-23)17(26)19-10-12-4-3-9-29-12)21-15(25)6-8-24-14(18(27)28)5-7-20-24/h5,7,11-12H,2-4,6,8-10H2,1H3,(H,19,26)(H,21,25)(H,27,28). The minimum atomic E-state index is -1.11. The molecule has 0 radical (unpaired) electrons. The van der Waals surface area contributed by atoms with Gasteiger partial charge in [-0.15, -0.1) is 0 Å². The molecule has 1 atom stereocenters. The topological polar surface area (TPSA) is 140 Å². The van der Waals surface area contributed by atoms with Gasteiger partial charge in [0.25, 0.3) is 5.91 Å². The van der Waals surface area contributed by atoms with Crippen molar-refractivity contribution in [3.63, 3.8) is 0 Å². The van der Waals surface area contributed by atoms with E-state index in [0.717, 1.165) is 12.8 Å². The van der Waals surface area contributed by atoms with Gasteiger partial charge in [-0.2, -0.15) is 10.2 Å². The van der Waals surface area contributed by atoms with Crippen LogP contribution in [-0.4, -0.2) is 61.7 Å². The van der Waals surface area contributed by atoms with Gasteiger partial charge in [-0.25, -0.2) is 4.79 Å². The van der Waals surface area contributed by atoms with Crippen LogP contribution in [0.1, 0.15) is 47.2 Å². The lowest BCUT2D eigenvalue weighted by Crippen LogP contribution is -2.32. The summed E-state index contributed by atoms with van der Waals surface area (Å²) in [7, 11) is 0. The molecule has 1 aliphatic rings. The highest BCUT2D eigenvalue weighted by Gasteiger charge is 2.21. The lowest BCUT2D eigenvalue weighted by Gasteiger charge is -2.11. The lowest BCUT2D eigenvalue weighted by molar-refractivity contribution is -0.116. The molecule has 1 fully saturated rings. The fraction of sp³-hybridized carbons (Fsp3) is 0.500. The van der Waals surface area contributed by atoms with E-state index in [0.29, 0.717) is 25.4 Å². The van der Waals surface area contributed by atoms with Crippen LogP contribution in [0.3, 0.4) is 0 Å². The third-order valence-electron chi connectivity index (χ3n) is 4.58. The zero-order valence-electron chi connectivity index (χ0n) is 16.1. The van der Waals surface area contributed by atoms with Crippen LogP contribution in [0.15, 0.2) is 18.5 Å². The van der Waals surface area contributed by atoms with E-state index >= 15 is 0 Å². The first-order valence-electron chi connectivity index (χ1n) is 9.50. The van der Waals surface area contributed by atoms with E-state index in [2.05, 4.69) is 20.8 Å². The number of rotatable bonds is 9. The second-order valence-electron chi connectivity index (χ2n) is 6.64. The number of anilines is 1. The van der Waals surface area contributed by atoms with Gasteiger partial charge in [0.1, 0.15) is 5.69 Å². The Hall–Kier alpha value is -3.21. The summed E-state index contributed by atoms with van der Waals surface area (Å²) in [5.41, 5.74) is 0.440. The van der Waals surface area contributed by atoms with Crippen LogP contribution in [0.25, 0.3) is 0 Å². The molecule has 156 valence electrons. The zero-order valence-corrected chi connectivity index (χ0v) is 16.1. The van der Waals surface area contributed by atoms with Gasteiger partial charge < -0.3 is 20.5 Å². The average molecular weight is 404 g/mol. The Morgan fingerprint density at radius 1 is 1.38 bits per heavy atom. The van der Waals surface area contributed by atoms with E-state index < -0.39 is 5.97 Å². The highest BCUT2D eigenvalue weighted by Crippen LogP contribution is 2.16. The summed E-state index contributed by atoms with van der Waals surface area (Å²) in [6.45, 7) is 3.60. The Balaban J connectivity index is 1.60. The highest BCUT2D eigenvalue weighted by atomic mass is 16.5. The molecule has 0 aromatic carbocycles. The molecule has 2 amide bonds. The number of aromatic nitrogens is 4. The summed E-state index contributed by atoms with van der Waals surface area (Å²) in [5.74, 6) is -1.87. The minimum absolute atomic E-state index is 0.00255. The first-order valence-corrected chi connectivity index (χ1v) is 9.50. The molecule has 11 nitrogen and oxygen atoms in total. The SMILES string of the molecule is CCn1cc(NC(=O)CCn2nccc2C(=O)O)c(C(=O)NCC2CCCO2)n1. The molecule has 29 heavy (non-hydrogen) atoms. The van der Waals surface area contributed by atoms with Crippen molar-refractivity contribution in [1.82, 2.24) is 24.9 Å². The predicted octanol–water partition coefficient (Wildman–Crippen LogP) is 0.735. The van der Waals surface area contributed by atoms with Gasteiger partial charge >= 0.3 is 5.97 Å². The molecule has 0 bridgehead atoms. The van der Waals surface area contributed by atoms with Crippen LogP contribution in [-0.2, 0) is 22.6 Å². The van der Waals surface area contributed by atoms with Gasteiger partial charge in [-0.05, 0) is 25.8 Å². The Kier molecular flexibility index (Phi) is 6.60. The van der Waals surface area contributed by atoms with E-state index in [1.165, 1.54) is 16.9 Å². The van der Waals surface area contributed by atoms with Gasteiger partial charge in [-0.1, -0.05) is 0 Å². The number of nitrogens with one attached hydrogen (secondary N) is 2. The van der Waals surface area contributed by atoms with Crippen LogP contribution < -0.4 is 10.6 Å². The number of nitrogens with zero attached hydrogens (tertiary/aromatic N) is 4. The molecule has 1 saturated heterocycles. The monoisotopic (exact) mass is 404 g/mol. The van der Waals surface area contributed by atoms with E-state index in [1.54, 1.807) is 10.9 Å². The van der Waals surface area contributed by atoms with Crippen molar-refractivity contribution in [3.8, 4) is 0 Å². The third-order valence-corrected chi connectivity index (χ3v) is 4.58. The van der Waals surface area contributed by atoms with Crippen LogP contribution in [0.5, 0.6) is 0 Å². The highest BCUT2D eigenvalue weighted by molar-refractivity contribution is 6.02. The van der Waals surface area contributed by atoms with Crippen molar-refractivity contribution in [2.24, 2.45) is 0 Å². The number of aryl methyl sites for hydroxylation is 2. The summed E-state index contributed by atoms with van der Waals surface area (Å²) < 4.78 is 8.30. The number of ether oxygens (including phenoxy) is 1. The van der Waals surface area contributed by atoms with Crippen LogP contribution in [0.2, 0.25) is 0 Å². The Morgan fingerprint density at radius 3 is 2.90 bits per heavy atom. The third kappa shape index (κ3) is 5.19. The molecule has 2 aromatic rings. The summed E-state index contributed by atoms with van der Waals surface area (Å²) in [6, 6.07) is 1.36. The summed E-state index contributed by atoms with van der Waals surface area (Å²) in [5, 5.41) is 22.7. The number of carboxylic acid groups (broad SMARTS) is 1. The smallest absolute Gasteiger partial charge is 0.354 e. The van der Waals surface area contributed by atoms with Crippen LogP contribution in [0, 0.1) is 0 Å². The number of hydrogen-bond donors (Lipinski definition) is 3. The fourth-order valence-corrected chi connectivity index (χ4v) is 3.05. The first-order chi connectivity index (χ1) is 14.0. The predicted molar refractivity (Wildman–Crippen MR) is 102 cm³/mol. The summed E-state index contributed by atoms with van der Waals surface area (Å²) in [4.78, 5) is 36.0. The molecular formula is C18H24N6O5. The number of carbonyl (C=O) groups is 3. The molecule has 0 aliphatic carbocycles. The summed E-state index contributed by atoms with van der Waals surface area (Å²) >= 11 is 0. The Morgan fingerprint density at radius 2 is 2.21 bits per heavy atom. The molecule has 2 aromatic heterocycles. The molecule has 3 heterocycles. The number of carboxylic acids is 1. The number of amides is 2. The van der Waals surface area contributed by atoms with Crippen molar-refractivity contribution in [3.05, 3.63) is 29.8 Å².